The minimum absolute atomic E-state index is 0.219. The summed E-state index contributed by atoms with van der Waals surface area (Å²) < 4.78 is 19.8. The molecule has 0 N–H and O–H groups in total. The zero-order chi connectivity index (χ0) is 25.7. The third kappa shape index (κ3) is 6.35. The van der Waals surface area contributed by atoms with Crippen molar-refractivity contribution in [2.75, 3.05) is 0 Å². The van der Waals surface area contributed by atoms with Crippen molar-refractivity contribution < 1.29 is 42.1 Å². The maximum atomic E-state index is 13.6. The summed E-state index contributed by atoms with van der Waals surface area (Å²) in [5, 5.41) is 0. The van der Waals surface area contributed by atoms with Crippen molar-refractivity contribution in [3.8, 4) is 0 Å². The molecule has 200 valence electrons. The molecule has 0 aromatic rings. The Hall–Kier alpha value is -1.40. The van der Waals surface area contributed by atoms with Crippen LogP contribution in [-0.2, 0) is 42.1 Å². The third-order valence-electron chi connectivity index (χ3n) is 8.99. The Morgan fingerprint density at radius 2 is 0.889 bits per heavy atom. The second-order valence-corrected chi connectivity index (χ2v) is 15.1. The van der Waals surface area contributed by atoms with Crippen molar-refractivity contribution >= 4 is 17.9 Å². The van der Waals surface area contributed by atoms with Gasteiger partial charge >= 0.3 is 222 Å². The van der Waals surface area contributed by atoms with E-state index in [1.165, 1.54) is 0 Å². The van der Waals surface area contributed by atoms with Crippen LogP contribution in [0.25, 0.3) is 0 Å². The quantitative estimate of drug-likeness (QED) is 0.319. The van der Waals surface area contributed by atoms with E-state index in [4.69, 9.17) is 9.96 Å². The Morgan fingerprint density at radius 1 is 0.556 bits per heavy atom. The van der Waals surface area contributed by atoms with Gasteiger partial charge in [0.05, 0.1) is 0 Å². The van der Waals surface area contributed by atoms with E-state index in [1.54, 1.807) is 0 Å². The number of carbonyl (C=O) groups excluding carboxylic acids is 3. The van der Waals surface area contributed by atoms with Crippen LogP contribution in [0.15, 0.2) is 20.6 Å². The van der Waals surface area contributed by atoms with Crippen LogP contribution in [0.3, 0.4) is 0 Å². The van der Waals surface area contributed by atoms with E-state index in [2.05, 4.69) is 0 Å². The van der Waals surface area contributed by atoms with E-state index in [9.17, 15) is 14.4 Å². The molecule has 4 rings (SSSR count). The van der Waals surface area contributed by atoms with Gasteiger partial charge in [-0.05, 0) is 0 Å². The van der Waals surface area contributed by atoms with Crippen LogP contribution in [0, 0.1) is 17.8 Å². The predicted molar refractivity (Wildman–Crippen MR) is 134 cm³/mol. The fourth-order valence-corrected chi connectivity index (χ4v) is 10.9. The molecule has 0 aromatic carbocycles. The summed E-state index contributed by atoms with van der Waals surface area (Å²) in [5.74, 6) is -1.69. The first kappa shape index (κ1) is 27.6. The Morgan fingerprint density at radius 3 is 1.17 bits per heavy atom. The van der Waals surface area contributed by atoms with Crippen molar-refractivity contribution in [2.45, 2.75) is 124 Å². The molecule has 0 amide bonds. The van der Waals surface area contributed by atoms with Gasteiger partial charge in [0.1, 0.15) is 0 Å². The molecule has 0 heterocycles. The fraction of sp³-hybridized carbons (Fsp3) is 0.759. The van der Waals surface area contributed by atoms with Gasteiger partial charge in [0.25, 0.3) is 0 Å². The van der Waals surface area contributed by atoms with Crippen molar-refractivity contribution in [1.82, 2.24) is 0 Å². The van der Waals surface area contributed by atoms with Gasteiger partial charge in [-0.15, -0.1) is 0 Å². The van der Waals surface area contributed by atoms with Gasteiger partial charge in [0, 0.05) is 0 Å². The van der Waals surface area contributed by atoms with Gasteiger partial charge in [-0.25, -0.2) is 0 Å². The molecule has 0 unspecified atom stereocenters. The molecule has 36 heavy (non-hydrogen) atoms. The molecule has 3 saturated carbocycles. The summed E-state index contributed by atoms with van der Waals surface area (Å²) in [5.41, 5.74) is 3.21. The number of hydrogen-bond acceptors (Lipinski definition) is 6. The Bertz CT molecular complexity index is 822. The Labute approximate surface area is 221 Å². The molecule has 6 nitrogen and oxygen atoms in total. The second-order valence-electron chi connectivity index (χ2n) is 11.5. The number of carbonyl (C=O) groups is 3. The van der Waals surface area contributed by atoms with Gasteiger partial charge in [-0.2, -0.15) is 0 Å². The van der Waals surface area contributed by atoms with Crippen LogP contribution in [0.4, 0.5) is 0 Å². The molecule has 0 radical (unpaired) electrons. The molecule has 0 aliphatic heterocycles. The first-order valence-electron chi connectivity index (χ1n) is 14.4. The van der Waals surface area contributed by atoms with Gasteiger partial charge in [0.15, 0.2) is 0 Å². The van der Waals surface area contributed by atoms with Crippen LogP contribution in [0.1, 0.15) is 124 Å². The zero-order valence-corrected chi connectivity index (χ0v) is 24.1. The van der Waals surface area contributed by atoms with Gasteiger partial charge in [-0.1, -0.05) is 0 Å². The standard InChI is InChI=1S/C8H11.3C7H12O2.Ti/c1-6-4-5-7(2)8(6)3;3*8-7(9)6-4-2-1-3-5-6;/h4H2,1-3H3;3*6H,1-5H2,(H,8,9);/q;;;;+3/p-3. The Kier molecular flexibility index (Phi) is 9.54. The average molecular weight is 537 g/mol. The fourth-order valence-electron chi connectivity index (χ4n) is 6.32. The third-order valence-corrected chi connectivity index (χ3v) is 13.2. The molecule has 7 heteroatoms. The van der Waals surface area contributed by atoms with Gasteiger partial charge < -0.3 is 0 Å². The molecular formula is C29H44O6Ti. The molecule has 0 aromatic heterocycles. The predicted octanol–water partition coefficient (Wildman–Crippen LogP) is 7.27. The van der Waals surface area contributed by atoms with Crippen LogP contribution in [-0.4, -0.2) is 17.9 Å². The molecule has 0 atom stereocenters. The van der Waals surface area contributed by atoms with E-state index >= 15 is 0 Å². The van der Waals surface area contributed by atoms with E-state index in [0.717, 1.165) is 117 Å². The van der Waals surface area contributed by atoms with Crippen LogP contribution < -0.4 is 0 Å². The summed E-state index contributed by atoms with van der Waals surface area (Å²) in [6.45, 7) is 6.08. The van der Waals surface area contributed by atoms with Crippen molar-refractivity contribution in [3.05, 3.63) is 20.6 Å². The number of hydrogen-bond donors (Lipinski definition) is 0. The van der Waals surface area contributed by atoms with E-state index in [0.29, 0.717) is 6.42 Å². The van der Waals surface area contributed by atoms with Crippen LogP contribution in [0.5, 0.6) is 0 Å². The monoisotopic (exact) mass is 536 g/mol. The molecule has 3 fully saturated rings. The molecule has 0 saturated heterocycles. The zero-order valence-electron chi connectivity index (χ0n) is 22.5. The molecule has 0 spiro atoms. The first-order valence-corrected chi connectivity index (χ1v) is 17.1. The van der Waals surface area contributed by atoms with Gasteiger partial charge in [-0.3, -0.25) is 0 Å². The van der Waals surface area contributed by atoms with E-state index in [1.807, 2.05) is 20.8 Å². The van der Waals surface area contributed by atoms with Crippen molar-refractivity contribution in [2.24, 2.45) is 17.8 Å². The molecule has 4 aliphatic carbocycles. The summed E-state index contributed by atoms with van der Waals surface area (Å²) in [6.07, 6.45) is 14.5. The summed E-state index contributed by atoms with van der Waals surface area (Å²) in [4.78, 5) is 40.7. The summed E-state index contributed by atoms with van der Waals surface area (Å²) in [7, 11) is 0. The van der Waals surface area contributed by atoms with Crippen molar-refractivity contribution in [3.63, 3.8) is 0 Å². The summed E-state index contributed by atoms with van der Waals surface area (Å²) in [6, 6.07) is 0. The summed E-state index contributed by atoms with van der Waals surface area (Å²) >= 11 is -4.87. The number of rotatable bonds is 7. The SMILES string of the molecule is CC1=C(C)C(C)=[C]([Ti]([O]C(=O)C2CCCCC2)([O]C(=O)C2CCCCC2)[O]C(=O)C2CCCCC2)C1. The van der Waals surface area contributed by atoms with Gasteiger partial charge in [0.2, 0.25) is 0 Å². The topological polar surface area (TPSA) is 78.9 Å². The minimum atomic E-state index is -4.87. The van der Waals surface area contributed by atoms with E-state index in [-0.39, 0.29) is 35.7 Å². The average Bonchev–Trinajstić information content (AvgIpc) is 3.17. The van der Waals surface area contributed by atoms with Crippen LogP contribution in [0.2, 0.25) is 0 Å². The second kappa shape index (κ2) is 12.4. The van der Waals surface area contributed by atoms with E-state index < -0.39 is 17.8 Å². The Balaban J connectivity index is 1.69. The number of allylic oxidation sites excluding steroid dienone is 4. The molecular weight excluding hydrogens is 492 g/mol. The molecule has 4 aliphatic rings. The van der Waals surface area contributed by atoms with Crippen molar-refractivity contribution in [1.29, 1.82) is 0 Å². The first-order chi connectivity index (χ1) is 17.3. The normalized spacial score (nSPS) is 23.1. The maximum absolute atomic E-state index is 13.6. The van der Waals surface area contributed by atoms with Crippen LogP contribution >= 0.6 is 0 Å². The molecule has 0 bridgehead atoms.